The number of anilines is 2. The summed E-state index contributed by atoms with van der Waals surface area (Å²) in [6.07, 6.45) is 0.685. The summed E-state index contributed by atoms with van der Waals surface area (Å²) in [4.78, 5) is 24.8. The van der Waals surface area contributed by atoms with Crippen LogP contribution in [0.25, 0.3) is 0 Å². The predicted molar refractivity (Wildman–Crippen MR) is 112 cm³/mol. The number of ether oxygens (including phenoxy) is 1. The van der Waals surface area contributed by atoms with Crippen molar-refractivity contribution in [2.45, 2.75) is 39.3 Å². The highest BCUT2D eigenvalue weighted by atomic mass is 32.2. The molecule has 2 aromatic rings. The van der Waals surface area contributed by atoms with Crippen LogP contribution in [0.15, 0.2) is 42.5 Å². The third kappa shape index (κ3) is 4.59. The molecule has 3 rings (SSSR count). The summed E-state index contributed by atoms with van der Waals surface area (Å²) in [6, 6.07) is 11.9. The third-order valence-electron chi connectivity index (χ3n) is 4.76. The van der Waals surface area contributed by atoms with E-state index in [4.69, 9.17) is 4.74 Å². The Morgan fingerprint density at radius 2 is 1.93 bits per heavy atom. The molecule has 1 aliphatic heterocycles. The third-order valence-corrected chi connectivity index (χ3v) is 6.04. The minimum atomic E-state index is -3.40. The normalized spacial score (nSPS) is 16.8. The molecule has 154 valence electrons. The molecule has 7 nitrogen and oxygen atoms in total. The van der Waals surface area contributed by atoms with E-state index >= 15 is 0 Å². The molecule has 1 N–H and O–H groups in total. The average molecular weight is 416 g/mol. The molecular weight excluding hydrogens is 392 g/mol. The van der Waals surface area contributed by atoms with Crippen molar-refractivity contribution < 1.29 is 22.7 Å². The van der Waals surface area contributed by atoms with E-state index < -0.39 is 28.0 Å². The minimum Gasteiger partial charge on any atom is -0.449 e. The molecule has 1 heterocycles. The van der Waals surface area contributed by atoms with E-state index in [2.05, 4.69) is 5.32 Å². The van der Waals surface area contributed by atoms with Gasteiger partial charge in [0.2, 0.25) is 10.0 Å². The monoisotopic (exact) mass is 416 g/mol. The van der Waals surface area contributed by atoms with Gasteiger partial charge in [-0.3, -0.25) is 9.10 Å². The van der Waals surface area contributed by atoms with Crippen LogP contribution in [0, 0.1) is 6.92 Å². The van der Waals surface area contributed by atoms with Crippen LogP contribution in [0.2, 0.25) is 0 Å². The van der Waals surface area contributed by atoms with Crippen molar-refractivity contribution in [3.05, 3.63) is 59.2 Å². The fourth-order valence-corrected chi connectivity index (χ4v) is 4.75. The number of fused-ring (bicyclic) bond motifs is 1. The van der Waals surface area contributed by atoms with E-state index in [0.717, 1.165) is 17.4 Å². The number of esters is 1. The number of benzene rings is 2. The Labute approximate surface area is 170 Å². The van der Waals surface area contributed by atoms with E-state index in [9.17, 15) is 18.0 Å². The number of hydrogen-bond donors (Lipinski definition) is 1. The summed E-state index contributed by atoms with van der Waals surface area (Å²) in [5.41, 5.74) is 3.24. The molecule has 0 aromatic heterocycles. The van der Waals surface area contributed by atoms with Gasteiger partial charge < -0.3 is 10.1 Å². The van der Waals surface area contributed by atoms with Gasteiger partial charge in [0.05, 0.1) is 17.5 Å². The van der Waals surface area contributed by atoms with Crippen molar-refractivity contribution in [1.29, 1.82) is 0 Å². The Hall–Kier alpha value is -2.87. The van der Waals surface area contributed by atoms with Gasteiger partial charge in [-0.2, -0.15) is 0 Å². The van der Waals surface area contributed by atoms with Crippen LogP contribution in [0.4, 0.5) is 11.4 Å². The molecule has 0 saturated heterocycles. The number of hydrogen-bond acceptors (Lipinski definition) is 5. The molecule has 0 saturated carbocycles. The smallest absolute Gasteiger partial charge is 0.338 e. The summed E-state index contributed by atoms with van der Waals surface area (Å²) < 4.78 is 30.7. The fourth-order valence-electron chi connectivity index (χ4n) is 3.48. The lowest BCUT2D eigenvalue weighted by Gasteiger charge is -2.22. The molecular formula is C21H24N2O5S. The highest BCUT2D eigenvalue weighted by Crippen LogP contribution is 2.34. The van der Waals surface area contributed by atoms with Crippen molar-refractivity contribution in [3.8, 4) is 0 Å². The molecule has 1 aliphatic rings. The van der Waals surface area contributed by atoms with Crippen molar-refractivity contribution in [3.63, 3.8) is 0 Å². The second kappa shape index (κ2) is 7.87. The molecule has 0 radical (unpaired) electrons. The van der Waals surface area contributed by atoms with Gasteiger partial charge in [-0.25, -0.2) is 13.2 Å². The number of rotatable bonds is 5. The highest BCUT2D eigenvalue weighted by molar-refractivity contribution is 7.92. The maximum absolute atomic E-state index is 12.5. The number of sulfonamides is 1. The van der Waals surface area contributed by atoms with Crippen LogP contribution in [0.1, 0.15) is 35.3 Å². The number of nitrogens with zero attached hydrogens (tertiary/aromatic N) is 1. The van der Waals surface area contributed by atoms with Gasteiger partial charge in [0.15, 0.2) is 6.10 Å². The number of carbonyl (C=O) groups excluding carboxylic acids is 2. The minimum absolute atomic E-state index is 0.217. The fraction of sp³-hybridized carbons (Fsp3) is 0.333. The van der Waals surface area contributed by atoms with Gasteiger partial charge in [0.25, 0.3) is 5.91 Å². The molecule has 0 unspecified atom stereocenters. The number of aryl methyl sites for hydroxylation is 1. The van der Waals surface area contributed by atoms with Gasteiger partial charge in [0, 0.05) is 11.7 Å². The Morgan fingerprint density at radius 1 is 1.21 bits per heavy atom. The summed E-state index contributed by atoms with van der Waals surface area (Å²) >= 11 is 0. The molecule has 0 fully saturated rings. The Kier molecular flexibility index (Phi) is 5.66. The van der Waals surface area contributed by atoms with Crippen LogP contribution in [0.3, 0.4) is 0 Å². The first-order valence-electron chi connectivity index (χ1n) is 9.27. The second-order valence-electron chi connectivity index (χ2n) is 7.36. The van der Waals surface area contributed by atoms with Gasteiger partial charge in [-0.1, -0.05) is 12.1 Å². The first-order chi connectivity index (χ1) is 13.6. The van der Waals surface area contributed by atoms with Crippen LogP contribution < -0.4 is 9.62 Å². The molecule has 0 bridgehead atoms. The van der Waals surface area contributed by atoms with E-state index in [1.807, 2.05) is 32.0 Å². The maximum Gasteiger partial charge on any atom is 0.338 e. The number of nitrogens with one attached hydrogen (secondary N) is 1. The molecule has 2 aromatic carbocycles. The molecule has 29 heavy (non-hydrogen) atoms. The van der Waals surface area contributed by atoms with Crippen LogP contribution in [-0.2, 0) is 26.0 Å². The first-order valence-corrected chi connectivity index (χ1v) is 11.1. The topological polar surface area (TPSA) is 92.8 Å². The van der Waals surface area contributed by atoms with Gasteiger partial charge in [-0.05, 0) is 68.7 Å². The Morgan fingerprint density at radius 3 is 2.59 bits per heavy atom. The maximum atomic E-state index is 12.5. The number of amides is 1. The van der Waals surface area contributed by atoms with E-state index in [-0.39, 0.29) is 11.6 Å². The lowest BCUT2D eigenvalue weighted by molar-refractivity contribution is -0.123. The van der Waals surface area contributed by atoms with Gasteiger partial charge >= 0.3 is 5.97 Å². The standard InChI is InChI=1S/C21H24N2O5S/c1-13-6-5-7-18(10-13)22-20(24)15(3)28-21(25)16-8-9-19-17(12-16)11-14(2)23(19)29(4,26)27/h5-10,12,14-15H,11H2,1-4H3,(H,22,24)/t14-,15+/m0/s1. The zero-order valence-corrected chi connectivity index (χ0v) is 17.6. The summed E-state index contributed by atoms with van der Waals surface area (Å²) in [6.45, 7) is 5.24. The Bertz CT molecular complexity index is 1060. The van der Waals surface area contributed by atoms with Crippen molar-refractivity contribution >= 4 is 33.3 Å². The van der Waals surface area contributed by atoms with Gasteiger partial charge in [-0.15, -0.1) is 0 Å². The van der Waals surface area contributed by atoms with E-state index in [1.54, 1.807) is 18.2 Å². The van der Waals surface area contributed by atoms with Crippen molar-refractivity contribution in [2.24, 2.45) is 0 Å². The molecule has 2 atom stereocenters. The Balaban J connectivity index is 1.70. The lowest BCUT2D eigenvalue weighted by Crippen LogP contribution is -2.34. The average Bonchev–Trinajstić information content (AvgIpc) is 2.96. The second-order valence-corrected chi connectivity index (χ2v) is 9.22. The van der Waals surface area contributed by atoms with Crippen LogP contribution in [0.5, 0.6) is 0 Å². The quantitative estimate of drug-likeness (QED) is 0.757. The summed E-state index contributed by atoms with van der Waals surface area (Å²) in [7, 11) is -3.40. The summed E-state index contributed by atoms with van der Waals surface area (Å²) in [5, 5.41) is 2.72. The van der Waals surface area contributed by atoms with Crippen molar-refractivity contribution in [1.82, 2.24) is 0 Å². The van der Waals surface area contributed by atoms with Crippen LogP contribution in [-0.4, -0.2) is 38.7 Å². The molecule has 1 amide bonds. The lowest BCUT2D eigenvalue weighted by atomic mass is 10.1. The first kappa shape index (κ1) is 20.9. The van der Waals surface area contributed by atoms with E-state index in [1.165, 1.54) is 17.3 Å². The summed E-state index contributed by atoms with van der Waals surface area (Å²) in [5.74, 6) is -1.06. The van der Waals surface area contributed by atoms with Crippen molar-refractivity contribution in [2.75, 3.05) is 15.9 Å². The highest BCUT2D eigenvalue weighted by Gasteiger charge is 2.33. The van der Waals surface area contributed by atoms with E-state index in [0.29, 0.717) is 17.8 Å². The predicted octanol–water partition coefficient (Wildman–Crippen LogP) is 2.89. The van der Waals surface area contributed by atoms with Crippen LogP contribution >= 0.6 is 0 Å². The zero-order valence-electron chi connectivity index (χ0n) is 16.8. The van der Waals surface area contributed by atoms with Gasteiger partial charge in [0.1, 0.15) is 0 Å². The SMILES string of the molecule is Cc1cccc(NC(=O)[C@@H](C)OC(=O)c2ccc3c(c2)C[C@H](C)N3S(C)(=O)=O)c1. The molecule has 0 aliphatic carbocycles. The molecule has 0 spiro atoms. The zero-order chi connectivity index (χ0) is 21.3. The molecule has 8 heteroatoms. The largest absolute Gasteiger partial charge is 0.449 e. The number of carbonyl (C=O) groups is 2.